The minimum atomic E-state index is -3.47. The lowest BCUT2D eigenvalue weighted by Crippen LogP contribution is -2.44. The Morgan fingerprint density at radius 2 is 2.00 bits per heavy atom. The van der Waals surface area contributed by atoms with Crippen molar-refractivity contribution in [2.24, 2.45) is 0 Å². The van der Waals surface area contributed by atoms with E-state index in [9.17, 15) is 18.3 Å². The van der Waals surface area contributed by atoms with Crippen LogP contribution in [0, 0.1) is 0 Å². The maximum absolute atomic E-state index is 11.9. The van der Waals surface area contributed by atoms with Crippen molar-refractivity contribution in [1.29, 1.82) is 0 Å². The van der Waals surface area contributed by atoms with Crippen LogP contribution in [-0.2, 0) is 14.8 Å². The van der Waals surface area contributed by atoms with Gasteiger partial charge in [-0.15, -0.1) is 0 Å². The van der Waals surface area contributed by atoms with Crippen LogP contribution in [0.1, 0.15) is 26.2 Å². The molecule has 0 aliphatic carbocycles. The van der Waals surface area contributed by atoms with Crippen LogP contribution < -0.4 is 9.62 Å². The number of nitrogens with one attached hydrogen (secondary N) is 1. The fraction of sp³-hybridized carbons (Fsp3) is 0.500. The van der Waals surface area contributed by atoms with Gasteiger partial charge in [0, 0.05) is 18.8 Å². The Kier molecular flexibility index (Phi) is 4.84. The third-order valence-corrected chi connectivity index (χ3v) is 5.16. The first kappa shape index (κ1) is 15.8. The van der Waals surface area contributed by atoms with E-state index in [-0.39, 0.29) is 4.90 Å². The summed E-state index contributed by atoms with van der Waals surface area (Å²) in [6.45, 7) is 2.73. The minimum absolute atomic E-state index is 0.192. The van der Waals surface area contributed by atoms with Crippen molar-refractivity contribution in [3.05, 3.63) is 24.3 Å². The molecule has 0 radical (unpaired) electrons. The van der Waals surface area contributed by atoms with Gasteiger partial charge in [-0.05, 0) is 43.5 Å². The fourth-order valence-corrected chi connectivity index (χ4v) is 3.63. The summed E-state index contributed by atoms with van der Waals surface area (Å²) in [6, 6.07) is 5.84. The molecule has 1 fully saturated rings. The van der Waals surface area contributed by atoms with Crippen LogP contribution in [0.25, 0.3) is 0 Å². The summed E-state index contributed by atoms with van der Waals surface area (Å²) < 4.78 is 26.2. The molecule has 1 aliphatic heterocycles. The normalized spacial score (nSPS) is 19.5. The zero-order valence-electron chi connectivity index (χ0n) is 11.9. The number of rotatable bonds is 5. The van der Waals surface area contributed by atoms with E-state index in [4.69, 9.17) is 0 Å². The molecule has 1 atom stereocenters. The van der Waals surface area contributed by atoms with Gasteiger partial charge >= 0.3 is 5.97 Å². The Bertz CT molecular complexity index is 598. The molecule has 0 bridgehead atoms. The van der Waals surface area contributed by atoms with Gasteiger partial charge in [0.2, 0.25) is 10.0 Å². The minimum Gasteiger partial charge on any atom is -0.480 e. The summed E-state index contributed by atoms with van der Waals surface area (Å²) in [4.78, 5) is 13.3. The Labute approximate surface area is 124 Å². The monoisotopic (exact) mass is 312 g/mol. The molecule has 1 heterocycles. The maximum Gasteiger partial charge on any atom is 0.326 e. The predicted octanol–water partition coefficient (Wildman–Crippen LogP) is 1.43. The summed E-state index contributed by atoms with van der Waals surface area (Å²) in [7, 11) is -3.47. The van der Waals surface area contributed by atoms with Crippen molar-refractivity contribution in [2.75, 3.05) is 18.0 Å². The van der Waals surface area contributed by atoms with Gasteiger partial charge in [0.15, 0.2) is 0 Å². The summed E-state index contributed by atoms with van der Waals surface area (Å²) in [5.41, 5.74) is 0.748. The molecule has 1 unspecified atom stereocenters. The lowest BCUT2D eigenvalue weighted by atomic mass is 10.0. The molecule has 6 nitrogen and oxygen atoms in total. The van der Waals surface area contributed by atoms with Crippen molar-refractivity contribution < 1.29 is 18.3 Å². The van der Waals surface area contributed by atoms with E-state index in [0.717, 1.165) is 18.5 Å². The van der Waals surface area contributed by atoms with E-state index in [2.05, 4.69) is 4.72 Å². The number of anilines is 1. The molecule has 0 spiro atoms. The smallest absolute Gasteiger partial charge is 0.326 e. The molecule has 1 aliphatic rings. The van der Waals surface area contributed by atoms with E-state index < -0.39 is 22.0 Å². The number of aliphatic carboxylic acids is 1. The topological polar surface area (TPSA) is 86.7 Å². The predicted molar refractivity (Wildman–Crippen MR) is 79.9 cm³/mol. The van der Waals surface area contributed by atoms with Crippen LogP contribution in [0.5, 0.6) is 0 Å². The third-order valence-electron chi connectivity index (χ3n) is 3.60. The quantitative estimate of drug-likeness (QED) is 0.859. The van der Waals surface area contributed by atoms with Gasteiger partial charge in [0.1, 0.15) is 6.04 Å². The molecule has 1 saturated heterocycles. The Balaban J connectivity index is 2.24. The lowest BCUT2D eigenvalue weighted by Gasteiger charge is -2.34. The third kappa shape index (κ3) is 3.54. The zero-order valence-corrected chi connectivity index (χ0v) is 12.8. The van der Waals surface area contributed by atoms with E-state index in [1.165, 1.54) is 12.1 Å². The molecule has 0 amide bonds. The second-order valence-corrected chi connectivity index (χ2v) is 6.81. The second-order valence-electron chi connectivity index (χ2n) is 5.04. The zero-order chi connectivity index (χ0) is 15.5. The van der Waals surface area contributed by atoms with Gasteiger partial charge in [-0.1, -0.05) is 6.92 Å². The van der Waals surface area contributed by atoms with E-state index in [1.807, 2.05) is 4.90 Å². The molecule has 1 aromatic rings. The van der Waals surface area contributed by atoms with Crippen LogP contribution in [0.15, 0.2) is 29.2 Å². The standard InChI is InChI=1S/C14H20N2O4S/c1-2-15-21(19,20)12-8-6-11(7-9-12)16-10-4-3-5-13(16)14(17)18/h6-9,13,15H,2-5,10H2,1H3,(H,17,18). The number of piperidine rings is 1. The van der Waals surface area contributed by atoms with Gasteiger partial charge < -0.3 is 10.0 Å². The van der Waals surface area contributed by atoms with E-state index >= 15 is 0 Å². The molecule has 0 saturated carbocycles. The first-order valence-corrected chi connectivity index (χ1v) is 8.53. The highest BCUT2D eigenvalue weighted by Gasteiger charge is 2.28. The molecule has 2 N–H and O–H groups in total. The maximum atomic E-state index is 11.9. The Morgan fingerprint density at radius 1 is 1.33 bits per heavy atom. The first-order chi connectivity index (χ1) is 9.95. The average molecular weight is 312 g/mol. The molecule has 1 aromatic carbocycles. The summed E-state index contributed by atoms with van der Waals surface area (Å²) in [5.74, 6) is -0.834. The van der Waals surface area contributed by atoms with Crippen LogP contribution in [0.2, 0.25) is 0 Å². The number of hydrogen-bond acceptors (Lipinski definition) is 4. The number of benzene rings is 1. The largest absolute Gasteiger partial charge is 0.480 e. The molecular formula is C14H20N2O4S. The van der Waals surface area contributed by atoms with Crippen LogP contribution in [0.4, 0.5) is 5.69 Å². The lowest BCUT2D eigenvalue weighted by molar-refractivity contribution is -0.139. The van der Waals surface area contributed by atoms with Gasteiger partial charge in [0.25, 0.3) is 0 Å². The van der Waals surface area contributed by atoms with E-state index in [1.54, 1.807) is 19.1 Å². The second kappa shape index (κ2) is 6.44. The average Bonchev–Trinajstić information content (AvgIpc) is 2.47. The molecule has 2 rings (SSSR count). The van der Waals surface area contributed by atoms with Crippen LogP contribution >= 0.6 is 0 Å². The number of nitrogens with zero attached hydrogens (tertiary/aromatic N) is 1. The van der Waals surface area contributed by atoms with Crippen molar-refractivity contribution in [2.45, 2.75) is 37.1 Å². The number of carboxylic acid groups (broad SMARTS) is 1. The van der Waals surface area contributed by atoms with Gasteiger partial charge in [-0.25, -0.2) is 17.9 Å². The molecule has 7 heteroatoms. The number of sulfonamides is 1. The highest BCUT2D eigenvalue weighted by Crippen LogP contribution is 2.26. The summed E-state index contributed by atoms with van der Waals surface area (Å²) >= 11 is 0. The number of carbonyl (C=O) groups is 1. The molecule has 0 aromatic heterocycles. The van der Waals surface area contributed by atoms with Crippen LogP contribution in [-0.4, -0.2) is 38.6 Å². The number of carboxylic acids is 1. The van der Waals surface area contributed by atoms with Gasteiger partial charge in [0.05, 0.1) is 4.90 Å². The van der Waals surface area contributed by atoms with Crippen molar-refractivity contribution >= 4 is 21.7 Å². The van der Waals surface area contributed by atoms with Crippen LogP contribution in [0.3, 0.4) is 0 Å². The highest BCUT2D eigenvalue weighted by atomic mass is 32.2. The molecule has 21 heavy (non-hydrogen) atoms. The Hall–Kier alpha value is -1.60. The molecular weight excluding hydrogens is 292 g/mol. The fourth-order valence-electron chi connectivity index (χ4n) is 2.59. The highest BCUT2D eigenvalue weighted by molar-refractivity contribution is 7.89. The SMILES string of the molecule is CCNS(=O)(=O)c1ccc(N2CCCCC2C(=O)O)cc1. The summed E-state index contributed by atoms with van der Waals surface area (Å²) in [5, 5.41) is 9.28. The molecule has 116 valence electrons. The van der Waals surface area contributed by atoms with Crippen molar-refractivity contribution in [1.82, 2.24) is 4.72 Å². The summed E-state index contributed by atoms with van der Waals surface area (Å²) in [6.07, 6.45) is 2.47. The van der Waals surface area contributed by atoms with Crippen molar-refractivity contribution in [3.8, 4) is 0 Å². The van der Waals surface area contributed by atoms with E-state index in [0.29, 0.717) is 19.5 Å². The van der Waals surface area contributed by atoms with Crippen molar-refractivity contribution in [3.63, 3.8) is 0 Å². The first-order valence-electron chi connectivity index (χ1n) is 7.05. The number of hydrogen-bond donors (Lipinski definition) is 2. The van der Waals surface area contributed by atoms with Gasteiger partial charge in [-0.2, -0.15) is 0 Å². The Morgan fingerprint density at radius 3 is 2.57 bits per heavy atom. The van der Waals surface area contributed by atoms with Gasteiger partial charge in [-0.3, -0.25) is 0 Å².